The van der Waals surface area contributed by atoms with Gasteiger partial charge < -0.3 is 4.57 Å². The molecular formula is C5H7IN4. The molecule has 0 spiro atoms. The highest BCUT2D eigenvalue weighted by molar-refractivity contribution is 14.1. The first kappa shape index (κ1) is 6.53. The Hall–Kier alpha value is -0.170. The van der Waals surface area contributed by atoms with Crippen molar-refractivity contribution < 1.29 is 0 Å². The monoisotopic (exact) mass is 250 g/mol. The second kappa shape index (κ2) is 2.46. The molecule has 54 valence electrons. The van der Waals surface area contributed by atoms with Gasteiger partial charge in [-0.05, 0) is 0 Å². The van der Waals surface area contributed by atoms with Crippen LogP contribution in [-0.4, -0.2) is 24.4 Å². The molecule has 0 N–H and O–H groups in total. The second-order valence-corrected chi connectivity index (χ2v) is 3.65. The minimum Gasteiger partial charge on any atom is -0.315 e. The summed E-state index contributed by atoms with van der Waals surface area (Å²) in [6.45, 7) is 3.03. The first-order valence-corrected chi connectivity index (χ1v) is 4.10. The molecule has 0 aromatic carbocycles. The molecule has 4 nitrogen and oxygen atoms in total. The van der Waals surface area contributed by atoms with E-state index in [9.17, 15) is 0 Å². The second-order valence-electron chi connectivity index (χ2n) is 2.28. The fourth-order valence-corrected chi connectivity index (χ4v) is 1.56. The van der Waals surface area contributed by atoms with E-state index in [1.54, 1.807) is 6.33 Å². The van der Waals surface area contributed by atoms with Crippen LogP contribution in [0, 0.1) is 0 Å². The Bertz CT molecular complexity index is 233. The molecule has 2 rings (SSSR count). The van der Waals surface area contributed by atoms with Crippen molar-refractivity contribution in [3.63, 3.8) is 0 Å². The highest BCUT2D eigenvalue weighted by atomic mass is 127. The van der Waals surface area contributed by atoms with E-state index in [4.69, 9.17) is 0 Å². The summed E-state index contributed by atoms with van der Waals surface area (Å²) >= 11 is 2.30. The van der Waals surface area contributed by atoms with Crippen LogP contribution < -0.4 is 0 Å². The van der Waals surface area contributed by atoms with Crippen LogP contribution in [0.25, 0.3) is 0 Å². The van der Waals surface area contributed by atoms with Gasteiger partial charge in [0.1, 0.15) is 12.2 Å². The number of nitrogens with zero attached hydrogens (tertiary/aromatic N) is 4. The topological polar surface area (TPSA) is 34.0 Å². The van der Waals surface area contributed by atoms with Crippen LogP contribution in [0.4, 0.5) is 0 Å². The van der Waals surface area contributed by atoms with Gasteiger partial charge in [0.2, 0.25) is 0 Å². The summed E-state index contributed by atoms with van der Waals surface area (Å²) in [4.78, 5) is 0. The Balaban J connectivity index is 2.30. The number of fused-ring (bicyclic) bond motifs is 1. The van der Waals surface area contributed by atoms with E-state index >= 15 is 0 Å². The normalized spacial score (nSPS) is 18.9. The summed E-state index contributed by atoms with van der Waals surface area (Å²) in [7, 11) is 0. The molecule has 0 amide bonds. The molecule has 0 radical (unpaired) electrons. The van der Waals surface area contributed by atoms with Crippen molar-refractivity contribution in [2.45, 2.75) is 13.1 Å². The Morgan fingerprint density at radius 1 is 1.50 bits per heavy atom. The lowest BCUT2D eigenvalue weighted by Gasteiger charge is -2.19. The van der Waals surface area contributed by atoms with Gasteiger partial charge in [0, 0.05) is 36.0 Å². The first-order chi connectivity index (χ1) is 4.86. The summed E-state index contributed by atoms with van der Waals surface area (Å²) in [5, 5.41) is 7.79. The van der Waals surface area contributed by atoms with Gasteiger partial charge >= 0.3 is 0 Å². The van der Waals surface area contributed by atoms with Crippen molar-refractivity contribution in [2.24, 2.45) is 0 Å². The van der Waals surface area contributed by atoms with E-state index in [0.29, 0.717) is 0 Å². The molecule has 0 saturated carbocycles. The van der Waals surface area contributed by atoms with Crippen LogP contribution in [0.5, 0.6) is 0 Å². The Morgan fingerprint density at radius 2 is 2.40 bits per heavy atom. The van der Waals surface area contributed by atoms with E-state index in [1.807, 2.05) is 0 Å². The quantitative estimate of drug-likeness (QED) is 0.495. The van der Waals surface area contributed by atoms with Crippen molar-refractivity contribution >= 4 is 22.9 Å². The van der Waals surface area contributed by atoms with Gasteiger partial charge in [-0.1, -0.05) is 0 Å². The summed E-state index contributed by atoms with van der Waals surface area (Å²) < 4.78 is 4.30. The van der Waals surface area contributed by atoms with Gasteiger partial charge in [-0.15, -0.1) is 10.2 Å². The third-order valence-electron chi connectivity index (χ3n) is 1.59. The third kappa shape index (κ3) is 1.03. The first-order valence-electron chi connectivity index (χ1n) is 3.13. The van der Waals surface area contributed by atoms with Gasteiger partial charge in [0.15, 0.2) is 0 Å². The molecule has 0 atom stereocenters. The molecule has 0 aliphatic carbocycles. The molecule has 0 saturated heterocycles. The molecule has 5 heteroatoms. The lowest BCUT2D eigenvalue weighted by Crippen LogP contribution is -2.25. The van der Waals surface area contributed by atoms with Crippen LogP contribution in [0.1, 0.15) is 5.82 Å². The predicted octanol–water partition coefficient (Wildman–Crippen LogP) is 0.444. The molecule has 1 aromatic heterocycles. The minimum absolute atomic E-state index is 0.917. The summed E-state index contributed by atoms with van der Waals surface area (Å²) in [6.07, 6.45) is 1.79. The van der Waals surface area contributed by atoms with E-state index < -0.39 is 0 Å². The molecule has 0 fully saturated rings. The van der Waals surface area contributed by atoms with Gasteiger partial charge in [-0.25, -0.2) is 3.11 Å². The maximum absolute atomic E-state index is 3.97. The molecule has 1 aromatic rings. The van der Waals surface area contributed by atoms with Gasteiger partial charge in [0.25, 0.3) is 0 Å². The van der Waals surface area contributed by atoms with Crippen LogP contribution in [-0.2, 0) is 13.1 Å². The molecule has 2 heterocycles. The van der Waals surface area contributed by atoms with E-state index in [2.05, 4.69) is 40.7 Å². The molecule has 1 aliphatic rings. The fraction of sp³-hybridized carbons (Fsp3) is 0.600. The van der Waals surface area contributed by atoms with Crippen LogP contribution in [0.2, 0.25) is 0 Å². The third-order valence-corrected chi connectivity index (χ3v) is 2.42. The van der Waals surface area contributed by atoms with Crippen LogP contribution >= 0.6 is 22.9 Å². The zero-order valence-corrected chi connectivity index (χ0v) is 7.52. The lowest BCUT2D eigenvalue weighted by molar-refractivity contribution is 0.395. The smallest absolute Gasteiger partial charge is 0.147 e. The Labute approximate surface area is 72.7 Å². The van der Waals surface area contributed by atoms with E-state index in [1.165, 1.54) is 0 Å². The highest BCUT2D eigenvalue weighted by Crippen LogP contribution is 2.11. The molecule has 0 bridgehead atoms. The standard InChI is InChI=1S/C5H7IN4/c6-10-2-1-9-4-7-8-5(9)3-10/h4H,1-3H2. The number of rotatable bonds is 0. The van der Waals surface area contributed by atoms with Crippen LogP contribution in [0.3, 0.4) is 0 Å². The average molecular weight is 250 g/mol. The number of halogens is 1. The summed E-state index contributed by atoms with van der Waals surface area (Å²) in [5.41, 5.74) is 0. The van der Waals surface area contributed by atoms with E-state index in [-0.39, 0.29) is 0 Å². The molecule has 0 unspecified atom stereocenters. The zero-order chi connectivity index (χ0) is 6.97. The number of hydrogen-bond acceptors (Lipinski definition) is 3. The average Bonchev–Trinajstić information content (AvgIpc) is 2.33. The van der Waals surface area contributed by atoms with Crippen molar-refractivity contribution in [2.75, 3.05) is 6.54 Å². The van der Waals surface area contributed by atoms with Crippen molar-refractivity contribution in [1.29, 1.82) is 0 Å². The number of hydrogen-bond donors (Lipinski definition) is 0. The van der Waals surface area contributed by atoms with Gasteiger partial charge in [-0.2, -0.15) is 0 Å². The largest absolute Gasteiger partial charge is 0.315 e. The Morgan fingerprint density at radius 3 is 3.30 bits per heavy atom. The summed E-state index contributed by atoms with van der Waals surface area (Å²) in [6, 6.07) is 0. The van der Waals surface area contributed by atoms with Crippen molar-refractivity contribution in [1.82, 2.24) is 17.9 Å². The maximum Gasteiger partial charge on any atom is 0.147 e. The van der Waals surface area contributed by atoms with Gasteiger partial charge in [0.05, 0.1) is 6.54 Å². The zero-order valence-electron chi connectivity index (χ0n) is 5.37. The highest BCUT2D eigenvalue weighted by Gasteiger charge is 2.13. The van der Waals surface area contributed by atoms with E-state index in [0.717, 1.165) is 25.5 Å². The SMILES string of the molecule is IN1CCn2cnnc2C1. The number of aromatic nitrogens is 3. The molecular weight excluding hydrogens is 243 g/mol. The maximum atomic E-state index is 3.97. The Kier molecular flexibility index (Phi) is 1.61. The summed E-state index contributed by atoms with van der Waals surface area (Å²) in [5.74, 6) is 1.07. The predicted molar refractivity (Wildman–Crippen MR) is 44.5 cm³/mol. The minimum atomic E-state index is 0.917. The van der Waals surface area contributed by atoms with Crippen molar-refractivity contribution in [3.8, 4) is 0 Å². The lowest BCUT2D eigenvalue weighted by atomic mass is 10.4. The fourth-order valence-electron chi connectivity index (χ4n) is 1.04. The van der Waals surface area contributed by atoms with Crippen LogP contribution in [0.15, 0.2) is 6.33 Å². The van der Waals surface area contributed by atoms with Crippen molar-refractivity contribution in [3.05, 3.63) is 12.2 Å². The molecule has 1 aliphatic heterocycles. The molecule has 10 heavy (non-hydrogen) atoms. The van der Waals surface area contributed by atoms with Gasteiger partial charge in [-0.3, -0.25) is 0 Å².